The number of phenolic OH excluding ortho intramolecular Hbond substituents is 2. The second kappa shape index (κ2) is 12.3. The van der Waals surface area contributed by atoms with E-state index >= 15 is 0 Å². The predicted molar refractivity (Wildman–Crippen MR) is 155 cm³/mol. The van der Waals surface area contributed by atoms with Gasteiger partial charge in [-0.25, -0.2) is 0 Å². The number of likely N-dealkylation sites (tertiary alicyclic amines) is 1. The third-order valence-corrected chi connectivity index (χ3v) is 8.62. The van der Waals surface area contributed by atoms with Gasteiger partial charge in [-0.15, -0.1) is 11.3 Å². The fourth-order valence-corrected chi connectivity index (χ4v) is 6.38. The monoisotopic (exact) mass is 563 g/mol. The third-order valence-electron chi connectivity index (χ3n) is 7.63. The Morgan fingerprint density at radius 2 is 1.70 bits per heavy atom. The van der Waals surface area contributed by atoms with Crippen molar-refractivity contribution in [3.8, 4) is 17.2 Å². The maximum absolute atomic E-state index is 13.5. The SMILES string of the molecule is Cc1ccc(CN(C)C(=O)c2cc(C(=O)N3Cc4ccc(OCCCN5CCCCC5)cc4C3)c(O)cc2O)s1. The Kier molecular flexibility index (Phi) is 8.61. The zero-order valence-corrected chi connectivity index (χ0v) is 24.0. The summed E-state index contributed by atoms with van der Waals surface area (Å²) < 4.78 is 6.00. The largest absolute Gasteiger partial charge is 0.507 e. The number of thiophene rings is 1. The summed E-state index contributed by atoms with van der Waals surface area (Å²) in [7, 11) is 1.65. The van der Waals surface area contributed by atoms with Crippen LogP contribution in [0.5, 0.6) is 17.2 Å². The third kappa shape index (κ3) is 6.42. The Balaban J connectivity index is 1.21. The van der Waals surface area contributed by atoms with Gasteiger partial charge in [0.25, 0.3) is 11.8 Å². The number of rotatable bonds is 9. The Morgan fingerprint density at radius 1 is 0.950 bits per heavy atom. The van der Waals surface area contributed by atoms with Crippen LogP contribution in [0.3, 0.4) is 0 Å². The second-order valence-electron chi connectivity index (χ2n) is 10.8. The van der Waals surface area contributed by atoms with Crippen molar-refractivity contribution in [1.29, 1.82) is 0 Å². The molecule has 3 aromatic rings. The molecule has 0 spiro atoms. The van der Waals surface area contributed by atoms with Gasteiger partial charge in [-0.2, -0.15) is 0 Å². The van der Waals surface area contributed by atoms with Crippen LogP contribution in [0.1, 0.15) is 67.3 Å². The molecule has 0 atom stereocenters. The van der Waals surface area contributed by atoms with Crippen LogP contribution >= 0.6 is 11.3 Å². The van der Waals surface area contributed by atoms with Crippen LogP contribution in [0.4, 0.5) is 0 Å². The maximum Gasteiger partial charge on any atom is 0.258 e. The van der Waals surface area contributed by atoms with Gasteiger partial charge in [0.2, 0.25) is 0 Å². The minimum atomic E-state index is -0.426. The molecule has 2 amide bonds. The highest BCUT2D eigenvalue weighted by Crippen LogP contribution is 2.33. The first-order valence-electron chi connectivity index (χ1n) is 13.9. The van der Waals surface area contributed by atoms with Crippen molar-refractivity contribution in [2.24, 2.45) is 0 Å². The highest BCUT2D eigenvalue weighted by Gasteiger charge is 2.29. The zero-order chi connectivity index (χ0) is 28.2. The normalized spacial score (nSPS) is 15.2. The average Bonchev–Trinajstić information content (AvgIpc) is 3.56. The number of amides is 2. The number of carbonyl (C=O) groups excluding carboxylic acids is 2. The number of aromatic hydroxyl groups is 2. The lowest BCUT2D eigenvalue weighted by molar-refractivity contribution is 0.0748. The molecular weight excluding hydrogens is 526 g/mol. The molecule has 2 aromatic carbocycles. The van der Waals surface area contributed by atoms with Crippen molar-refractivity contribution in [2.75, 3.05) is 33.3 Å². The summed E-state index contributed by atoms with van der Waals surface area (Å²) in [6, 6.07) is 12.2. The number of piperidine rings is 1. The number of hydrogen-bond donors (Lipinski definition) is 2. The van der Waals surface area contributed by atoms with Crippen molar-refractivity contribution in [1.82, 2.24) is 14.7 Å². The molecule has 8 nitrogen and oxygen atoms in total. The Morgan fingerprint density at radius 3 is 2.45 bits per heavy atom. The van der Waals surface area contributed by atoms with E-state index in [0.717, 1.165) is 45.7 Å². The number of nitrogens with zero attached hydrogens (tertiary/aromatic N) is 3. The molecule has 3 heterocycles. The van der Waals surface area contributed by atoms with E-state index in [1.807, 2.05) is 37.3 Å². The average molecular weight is 564 g/mol. The van der Waals surface area contributed by atoms with E-state index < -0.39 is 11.8 Å². The van der Waals surface area contributed by atoms with Crippen LogP contribution in [-0.2, 0) is 19.6 Å². The molecule has 0 bridgehead atoms. The molecule has 212 valence electrons. The van der Waals surface area contributed by atoms with E-state index in [0.29, 0.717) is 26.2 Å². The van der Waals surface area contributed by atoms with E-state index in [4.69, 9.17) is 4.74 Å². The molecular formula is C31H37N3O5S. The lowest BCUT2D eigenvalue weighted by atomic mass is 10.1. The zero-order valence-electron chi connectivity index (χ0n) is 23.2. The van der Waals surface area contributed by atoms with Gasteiger partial charge < -0.3 is 29.6 Å². The summed E-state index contributed by atoms with van der Waals surface area (Å²) >= 11 is 1.60. The number of phenols is 2. The van der Waals surface area contributed by atoms with Gasteiger partial charge in [-0.3, -0.25) is 9.59 Å². The molecule has 5 rings (SSSR count). The smallest absolute Gasteiger partial charge is 0.258 e. The van der Waals surface area contributed by atoms with Gasteiger partial charge in [0.15, 0.2) is 0 Å². The molecule has 0 radical (unpaired) electrons. The van der Waals surface area contributed by atoms with Crippen LogP contribution in [0, 0.1) is 6.92 Å². The van der Waals surface area contributed by atoms with Crippen molar-refractivity contribution in [3.05, 3.63) is 74.5 Å². The maximum atomic E-state index is 13.5. The molecule has 2 N–H and O–H groups in total. The number of carbonyl (C=O) groups is 2. The highest BCUT2D eigenvalue weighted by molar-refractivity contribution is 7.11. The van der Waals surface area contributed by atoms with E-state index in [9.17, 15) is 19.8 Å². The van der Waals surface area contributed by atoms with Gasteiger partial charge in [0.05, 0.1) is 24.3 Å². The number of ether oxygens (including phenoxy) is 1. The summed E-state index contributed by atoms with van der Waals surface area (Å²) in [4.78, 5) is 34.4. The summed E-state index contributed by atoms with van der Waals surface area (Å²) in [6.07, 6.45) is 4.88. The van der Waals surface area contributed by atoms with Gasteiger partial charge in [-0.1, -0.05) is 12.5 Å². The second-order valence-corrected chi connectivity index (χ2v) is 12.1. The molecule has 2 aliphatic rings. The van der Waals surface area contributed by atoms with Gasteiger partial charge in [0.1, 0.15) is 17.2 Å². The topological polar surface area (TPSA) is 93.6 Å². The Bertz CT molecular complexity index is 1380. The van der Waals surface area contributed by atoms with Crippen LogP contribution in [0.15, 0.2) is 42.5 Å². The number of aryl methyl sites for hydroxylation is 1. The van der Waals surface area contributed by atoms with Gasteiger partial charge in [0, 0.05) is 42.5 Å². The van der Waals surface area contributed by atoms with Crippen LogP contribution < -0.4 is 4.74 Å². The van der Waals surface area contributed by atoms with Crippen LogP contribution in [0.2, 0.25) is 0 Å². The lowest BCUT2D eigenvalue weighted by Crippen LogP contribution is -2.31. The Hall–Kier alpha value is -3.56. The first-order chi connectivity index (χ1) is 19.3. The van der Waals surface area contributed by atoms with Crippen molar-refractivity contribution in [3.63, 3.8) is 0 Å². The lowest BCUT2D eigenvalue weighted by Gasteiger charge is -2.26. The van der Waals surface area contributed by atoms with E-state index in [2.05, 4.69) is 4.90 Å². The number of hydrogen-bond acceptors (Lipinski definition) is 7. The standard InChI is InChI=1S/C31H37N3O5S/c1-21-7-10-25(40-21)20-32(2)30(37)26-16-27(29(36)17-28(26)35)31(38)34-18-22-8-9-24(15-23(22)19-34)39-14-6-13-33-11-4-3-5-12-33/h7-10,15-17,35-36H,3-6,11-14,18-20H2,1-2H3. The highest BCUT2D eigenvalue weighted by atomic mass is 32.1. The molecule has 9 heteroatoms. The quantitative estimate of drug-likeness (QED) is 0.350. The fraction of sp³-hybridized carbons (Fsp3) is 0.419. The van der Waals surface area contributed by atoms with Crippen molar-refractivity contribution < 1.29 is 24.5 Å². The summed E-state index contributed by atoms with van der Waals surface area (Å²) in [6.45, 7) is 7.21. The van der Waals surface area contributed by atoms with Crippen molar-refractivity contribution in [2.45, 2.75) is 52.2 Å². The van der Waals surface area contributed by atoms with E-state index in [1.165, 1.54) is 43.3 Å². The Labute approximate surface area is 239 Å². The molecule has 2 aliphatic heterocycles. The summed E-state index contributed by atoms with van der Waals surface area (Å²) in [5, 5.41) is 21.0. The molecule has 1 saturated heterocycles. The molecule has 1 fully saturated rings. The summed E-state index contributed by atoms with van der Waals surface area (Å²) in [5.74, 6) is -0.756. The molecule has 0 aliphatic carbocycles. The van der Waals surface area contributed by atoms with Crippen LogP contribution in [0.25, 0.3) is 0 Å². The minimum absolute atomic E-state index is 0.0106. The first kappa shape index (κ1) is 28.0. The predicted octanol–water partition coefficient (Wildman–Crippen LogP) is 5.15. The summed E-state index contributed by atoms with van der Waals surface area (Å²) in [5.41, 5.74) is 1.99. The first-order valence-corrected chi connectivity index (χ1v) is 14.7. The van der Waals surface area contributed by atoms with Gasteiger partial charge in [-0.05, 0) is 80.7 Å². The minimum Gasteiger partial charge on any atom is -0.507 e. The molecule has 0 saturated carbocycles. The molecule has 0 unspecified atom stereocenters. The van der Waals surface area contributed by atoms with Gasteiger partial charge >= 0.3 is 0 Å². The molecule has 1 aromatic heterocycles. The van der Waals surface area contributed by atoms with Crippen LogP contribution in [-0.4, -0.2) is 70.0 Å². The number of benzene rings is 2. The fourth-order valence-electron chi connectivity index (χ4n) is 5.44. The number of fused-ring (bicyclic) bond motifs is 1. The van der Waals surface area contributed by atoms with Crippen molar-refractivity contribution >= 4 is 23.2 Å². The van der Waals surface area contributed by atoms with E-state index in [1.54, 1.807) is 23.3 Å². The van der Waals surface area contributed by atoms with E-state index in [-0.39, 0.29) is 22.6 Å². The molecule has 40 heavy (non-hydrogen) atoms.